The predicted molar refractivity (Wildman–Crippen MR) is 63.5 cm³/mol. The van der Waals surface area contributed by atoms with Gasteiger partial charge in [-0.15, -0.1) is 0 Å². The van der Waals surface area contributed by atoms with Gasteiger partial charge in [-0.05, 0) is 12.1 Å². The molecule has 0 amide bonds. The van der Waals surface area contributed by atoms with Gasteiger partial charge in [0.15, 0.2) is 0 Å². The van der Waals surface area contributed by atoms with Gasteiger partial charge in [0.2, 0.25) is 0 Å². The molecular formula is C11H8BClF3KO. The van der Waals surface area contributed by atoms with Crippen LogP contribution >= 0.6 is 11.6 Å². The fourth-order valence-electron chi connectivity index (χ4n) is 1.54. The van der Waals surface area contributed by atoms with Gasteiger partial charge in [0.1, 0.15) is 5.75 Å². The summed E-state index contributed by atoms with van der Waals surface area (Å²) in [6.07, 6.45) is 0. The van der Waals surface area contributed by atoms with Crippen LogP contribution in [0, 0.1) is 0 Å². The minimum Gasteiger partial charge on any atom is -0.521 e. The summed E-state index contributed by atoms with van der Waals surface area (Å²) in [5, 5.41) is 1.76. The van der Waals surface area contributed by atoms with E-state index in [4.69, 9.17) is 16.3 Å². The van der Waals surface area contributed by atoms with Gasteiger partial charge in [0.25, 0.3) is 0 Å². The topological polar surface area (TPSA) is 9.23 Å². The number of halogens is 4. The molecule has 0 unspecified atom stereocenters. The normalized spacial score (nSPS) is 11.1. The van der Waals surface area contributed by atoms with Crippen molar-refractivity contribution in [3.8, 4) is 5.75 Å². The molecule has 0 bridgehead atoms. The van der Waals surface area contributed by atoms with Crippen molar-refractivity contribution in [2.45, 2.75) is 0 Å². The van der Waals surface area contributed by atoms with Gasteiger partial charge < -0.3 is 17.7 Å². The summed E-state index contributed by atoms with van der Waals surface area (Å²) in [6.45, 7) is -6.20. The van der Waals surface area contributed by atoms with Crippen molar-refractivity contribution in [2.75, 3.05) is 6.51 Å². The summed E-state index contributed by atoms with van der Waals surface area (Å²) in [7, 11) is 0. The molecule has 1 nitrogen and oxygen atoms in total. The molecule has 0 aliphatic rings. The fourth-order valence-corrected chi connectivity index (χ4v) is 1.77. The van der Waals surface area contributed by atoms with Crippen LogP contribution in [0.5, 0.6) is 5.75 Å². The van der Waals surface area contributed by atoms with Crippen LogP contribution in [0.25, 0.3) is 10.8 Å². The molecule has 2 rings (SSSR count). The van der Waals surface area contributed by atoms with Crippen LogP contribution in [-0.2, 0) is 0 Å². The summed E-state index contributed by atoms with van der Waals surface area (Å²) in [5.41, 5.74) is 0. The first-order valence-corrected chi connectivity index (χ1v) is 5.36. The number of ether oxygens (including phenoxy) is 1. The summed E-state index contributed by atoms with van der Waals surface area (Å²) in [5.74, 6) is 0.198. The Morgan fingerprint density at radius 1 is 1.00 bits per heavy atom. The molecule has 0 aliphatic heterocycles. The zero-order valence-corrected chi connectivity index (χ0v) is 13.5. The van der Waals surface area contributed by atoms with Crippen molar-refractivity contribution in [1.29, 1.82) is 0 Å². The van der Waals surface area contributed by atoms with Crippen LogP contribution < -0.4 is 56.1 Å². The molecule has 0 heterocycles. The maximum atomic E-state index is 12.1. The van der Waals surface area contributed by atoms with Crippen molar-refractivity contribution in [1.82, 2.24) is 0 Å². The zero-order valence-electron chi connectivity index (χ0n) is 9.67. The molecule has 0 radical (unpaired) electrons. The third-order valence-corrected chi connectivity index (χ3v) is 2.59. The Morgan fingerprint density at radius 2 is 1.61 bits per heavy atom. The van der Waals surface area contributed by atoms with E-state index in [0.717, 1.165) is 0 Å². The van der Waals surface area contributed by atoms with E-state index in [-0.39, 0.29) is 57.1 Å². The van der Waals surface area contributed by atoms with E-state index in [1.54, 1.807) is 24.3 Å². The molecule has 0 N–H and O–H groups in total. The van der Waals surface area contributed by atoms with E-state index in [1.807, 2.05) is 0 Å². The van der Waals surface area contributed by atoms with Crippen molar-refractivity contribution in [3.05, 3.63) is 41.4 Å². The molecule has 0 spiro atoms. The van der Waals surface area contributed by atoms with Gasteiger partial charge in [-0.3, -0.25) is 0 Å². The van der Waals surface area contributed by atoms with Gasteiger partial charge in [0, 0.05) is 15.8 Å². The first-order valence-electron chi connectivity index (χ1n) is 4.98. The summed E-state index contributed by atoms with van der Waals surface area (Å²) in [6, 6.07) is 9.90. The number of benzene rings is 2. The summed E-state index contributed by atoms with van der Waals surface area (Å²) < 4.78 is 41.2. The molecule has 0 aliphatic carbocycles. The molecule has 2 aromatic carbocycles. The average Bonchev–Trinajstić information content (AvgIpc) is 2.27. The number of fused-ring (bicyclic) bond motifs is 1. The first-order chi connectivity index (χ1) is 7.97. The molecule has 90 valence electrons. The van der Waals surface area contributed by atoms with Crippen molar-refractivity contribution >= 4 is 29.4 Å². The second kappa shape index (κ2) is 6.63. The number of hydrogen-bond acceptors (Lipinski definition) is 1. The molecular weight excluding hydrogens is 290 g/mol. The maximum Gasteiger partial charge on any atom is 1.00 e. The second-order valence-electron chi connectivity index (χ2n) is 3.61. The van der Waals surface area contributed by atoms with Gasteiger partial charge >= 0.3 is 58.4 Å². The smallest absolute Gasteiger partial charge is 0.521 e. The number of hydrogen-bond donors (Lipinski definition) is 0. The zero-order chi connectivity index (χ0) is 12.5. The van der Waals surface area contributed by atoms with Crippen molar-refractivity contribution < 1.29 is 69.1 Å². The monoisotopic (exact) mass is 298 g/mol. The van der Waals surface area contributed by atoms with Crippen LogP contribution in [0.1, 0.15) is 0 Å². The van der Waals surface area contributed by atoms with Gasteiger partial charge in [-0.2, -0.15) is 0 Å². The molecule has 0 saturated carbocycles. The Morgan fingerprint density at radius 3 is 2.22 bits per heavy atom. The standard InChI is InChI=1S/C11H8BClF3O.K/c13-10-5-6-11(17-7-12(14,15)16)9-4-2-1-3-8(9)10;/h1-6H,7H2;/q-1;+1. The number of rotatable bonds is 3. The van der Waals surface area contributed by atoms with E-state index < -0.39 is 13.5 Å². The van der Waals surface area contributed by atoms with E-state index in [9.17, 15) is 12.9 Å². The predicted octanol–water partition coefficient (Wildman–Crippen LogP) is 1.26. The third-order valence-electron chi connectivity index (χ3n) is 2.26. The van der Waals surface area contributed by atoms with Gasteiger partial charge in [-0.25, -0.2) is 0 Å². The fraction of sp³-hybridized carbons (Fsp3) is 0.0909. The molecule has 0 fully saturated rings. The Bertz CT molecular complexity index is 547. The minimum atomic E-state index is -4.95. The Kier molecular flexibility index (Phi) is 6.02. The van der Waals surface area contributed by atoms with Gasteiger partial charge in [-0.1, -0.05) is 35.9 Å². The van der Waals surface area contributed by atoms with Crippen LogP contribution in [-0.4, -0.2) is 13.5 Å². The average molecular weight is 299 g/mol. The Labute approximate surface area is 150 Å². The third kappa shape index (κ3) is 4.15. The van der Waals surface area contributed by atoms with Crippen LogP contribution in [0.2, 0.25) is 5.02 Å². The maximum absolute atomic E-state index is 12.1. The Hall–Kier alpha value is 0.281. The first kappa shape index (κ1) is 16.3. The van der Waals surface area contributed by atoms with E-state index in [0.29, 0.717) is 15.8 Å². The minimum absolute atomic E-state index is 0. The second-order valence-corrected chi connectivity index (χ2v) is 4.02. The summed E-state index contributed by atoms with van der Waals surface area (Å²) in [4.78, 5) is 0. The van der Waals surface area contributed by atoms with E-state index in [2.05, 4.69) is 0 Å². The largest absolute Gasteiger partial charge is 1.00 e. The molecule has 0 saturated heterocycles. The van der Waals surface area contributed by atoms with Crippen LogP contribution in [0.15, 0.2) is 36.4 Å². The molecule has 0 atom stereocenters. The van der Waals surface area contributed by atoms with E-state index >= 15 is 0 Å². The molecule has 18 heavy (non-hydrogen) atoms. The van der Waals surface area contributed by atoms with Crippen molar-refractivity contribution in [3.63, 3.8) is 0 Å². The van der Waals surface area contributed by atoms with Crippen LogP contribution in [0.3, 0.4) is 0 Å². The molecule has 2 aromatic rings. The van der Waals surface area contributed by atoms with Crippen molar-refractivity contribution in [2.24, 2.45) is 0 Å². The summed E-state index contributed by atoms with van der Waals surface area (Å²) >= 11 is 5.95. The quantitative estimate of drug-likeness (QED) is 0.775. The van der Waals surface area contributed by atoms with Gasteiger partial charge in [0.05, 0.1) is 6.51 Å². The SMILES string of the molecule is F[B-](F)(F)COc1ccc(Cl)c2ccccc12.[K+]. The molecule has 7 heteroatoms. The van der Waals surface area contributed by atoms with Crippen LogP contribution in [0.4, 0.5) is 12.9 Å². The van der Waals surface area contributed by atoms with E-state index in [1.165, 1.54) is 12.1 Å². The molecule has 0 aromatic heterocycles. The Balaban J connectivity index is 0.00000162.